The Morgan fingerprint density at radius 3 is 2.30 bits per heavy atom. The van der Waals surface area contributed by atoms with Crippen molar-refractivity contribution in [3.8, 4) is 5.69 Å². The SMILES string of the molecule is CC(C)c1c(CNC(=O)c2ccccc2CC(=O)[O-])n(C)n(-c2ccccc2)c1=O. The van der Waals surface area contributed by atoms with Crippen LogP contribution in [0, 0.1) is 0 Å². The highest BCUT2D eigenvalue weighted by Crippen LogP contribution is 2.19. The lowest BCUT2D eigenvalue weighted by Crippen LogP contribution is -2.29. The summed E-state index contributed by atoms with van der Waals surface area (Å²) >= 11 is 0. The molecule has 0 bridgehead atoms. The second kappa shape index (κ2) is 8.82. The van der Waals surface area contributed by atoms with E-state index in [2.05, 4.69) is 5.32 Å². The molecule has 3 aromatic rings. The van der Waals surface area contributed by atoms with Crippen LogP contribution in [0.4, 0.5) is 0 Å². The minimum atomic E-state index is -1.25. The Balaban J connectivity index is 1.94. The third-order valence-electron chi connectivity index (χ3n) is 5.02. The van der Waals surface area contributed by atoms with Gasteiger partial charge in [0.1, 0.15) is 0 Å². The van der Waals surface area contributed by atoms with E-state index in [1.165, 1.54) is 0 Å². The van der Waals surface area contributed by atoms with Crippen LogP contribution in [0.15, 0.2) is 59.4 Å². The first kappa shape index (κ1) is 21.1. The van der Waals surface area contributed by atoms with Crippen LogP contribution in [0.1, 0.15) is 46.9 Å². The predicted molar refractivity (Wildman–Crippen MR) is 111 cm³/mol. The molecule has 30 heavy (non-hydrogen) atoms. The van der Waals surface area contributed by atoms with Gasteiger partial charge < -0.3 is 15.2 Å². The number of aliphatic carboxylic acids is 1. The molecule has 0 aliphatic heterocycles. The Labute approximate surface area is 174 Å². The summed E-state index contributed by atoms with van der Waals surface area (Å²) in [5.74, 6) is -1.69. The van der Waals surface area contributed by atoms with Crippen LogP contribution in [0.2, 0.25) is 0 Å². The first-order valence-corrected chi connectivity index (χ1v) is 9.73. The van der Waals surface area contributed by atoms with Crippen LogP contribution < -0.4 is 16.0 Å². The zero-order valence-electron chi connectivity index (χ0n) is 17.2. The number of nitrogens with one attached hydrogen (secondary N) is 1. The number of carbonyl (C=O) groups is 2. The molecule has 0 saturated carbocycles. The molecule has 7 heteroatoms. The number of hydrogen-bond donors (Lipinski definition) is 1. The van der Waals surface area contributed by atoms with E-state index in [1.54, 1.807) is 40.7 Å². The zero-order chi connectivity index (χ0) is 21.8. The van der Waals surface area contributed by atoms with Gasteiger partial charge in [-0.15, -0.1) is 0 Å². The van der Waals surface area contributed by atoms with Crippen molar-refractivity contribution in [3.63, 3.8) is 0 Å². The van der Waals surface area contributed by atoms with Gasteiger partial charge in [0.2, 0.25) is 0 Å². The van der Waals surface area contributed by atoms with Crippen LogP contribution in [0.5, 0.6) is 0 Å². The molecule has 0 aliphatic carbocycles. The molecule has 2 aromatic carbocycles. The number of carboxylic acid groups (broad SMARTS) is 1. The lowest BCUT2D eigenvalue weighted by Gasteiger charge is -2.14. The Hall–Kier alpha value is -3.61. The van der Waals surface area contributed by atoms with E-state index < -0.39 is 11.9 Å². The van der Waals surface area contributed by atoms with E-state index in [4.69, 9.17) is 0 Å². The normalized spacial score (nSPS) is 10.9. The second-order valence-corrected chi connectivity index (χ2v) is 7.38. The number of nitrogens with zero attached hydrogens (tertiary/aromatic N) is 2. The van der Waals surface area contributed by atoms with Crippen LogP contribution in [-0.2, 0) is 24.8 Å². The number of carboxylic acids is 1. The number of para-hydroxylation sites is 1. The molecule has 0 spiro atoms. The number of rotatable bonds is 7. The minimum absolute atomic E-state index is 0.0362. The van der Waals surface area contributed by atoms with Crippen molar-refractivity contribution >= 4 is 11.9 Å². The molecular weight excluding hydrogens is 382 g/mol. The van der Waals surface area contributed by atoms with Crippen LogP contribution >= 0.6 is 0 Å². The van der Waals surface area contributed by atoms with Gasteiger partial charge in [-0.2, -0.15) is 0 Å². The van der Waals surface area contributed by atoms with Gasteiger partial charge in [-0.25, -0.2) is 4.68 Å². The van der Waals surface area contributed by atoms with Crippen LogP contribution in [0.3, 0.4) is 0 Å². The summed E-state index contributed by atoms with van der Waals surface area (Å²) in [7, 11) is 1.78. The first-order chi connectivity index (χ1) is 14.3. The van der Waals surface area contributed by atoms with Gasteiger partial charge in [-0.3, -0.25) is 14.3 Å². The Morgan fingerprint density at radius 2 is 1.67 bits per heavy atom. The number of amides is 1. The molecule has 1 aromatic heterocycles. The van der Waals surface area contributed by atoms with Gasteiger partial charge >= 0.3 is 0 Å². The van der Waals surface area contributed by atoms with E-state index in [9.17, 15) is 19.5 Å². The highest BCUT2D eigenvalue weighted by Gasteiger charge is 2.22. The maximum atomic E-state index is 13.1. The second-order valence-electron chi connectivity index (χ2n) is 7.38. The highest BCUT2D eigenvalue weighted by atomic mass is 16.4. The molecule has 3 rings (SSSR count). The van der Waals surface area contributed by atoms with E-state index in [-0.39, 0.29) is 30.0 Å². The van der Waals surface area contributed by atoms with Crippen molar-refractivity contribution < 1.29 is 14.7 Å². The van der Waals surface area contributed by atoms with E-state index >= 15 is 0 Å². The summed E-state index contributed by atoms with van der Waals surface area (Å²) in [4.78, 5) is 36.8. The molecule has 0 unspecified atom stereocenters. The quantitative estimate of drug-likeness (QED) is 0.643. The van der Waals surface area contributed by atoms with Crippen LogP contribution in [-0.4, -0.2) is 21.2 Å². The smallest absolute Gasteiger partial charge is 0.275 e. The van der Waals surface area contributed by atoms with Gasteiger partial charge in [-0.05, 0) is 29.7 Å². The summed E-state index contributed by atoms with van der Waals surface area (Å²) in [5.41, 5.74) is 2.61. The van der Waals surface area contributed by atoms with E-state index in [1.807, 2.05) is 44.2 Å². The van der Waals surface area contributed by atoms with E-state index in [0.717, 1.165) is 5.69 Å². The molecule has 7 nitrogen and oxygen atoms in total. The summed E-state index contributed by atoms with van der Waals surface area (Å²) in [5, 5.41) is 13.8. The molecule has 0 fully saturated rings. The van der Waals surface area contributed by atoms with Crippen molar-refractivity contribution in [3.05, 3.63) is 87.3 Å². The fourth-order valence-corrected chi connectivity index (χ4v) is 3.63. The third kappa shape index (κ3) is 4.20. The predicted octanol–water partition coefficient (Wildman–Crippen LogP) is 1.52. The molecule has 0 saturated heterocycles. The Bertz CT molecular complexity index is 1130. The number of aromatic nitrogens is 2. The van der Waals surface area contributed by atoms with Crippen LogP contribution in [0.25, 0.3) is 5.69 Å². The molecule has 1 N–H and O–H groups in total. The topological polar surface area (TPSA) is 96.2 Å². The zero-order valence-corrected chi connectivity index (χ0v) is 17.2. The van der Waals surface area contributed by atoms with Gasteiger partial charge in [0.15, 0.2) is 0 Å². The number of carbonyl (C=O) groups excluding carboxylic acids is 2. The van der Waals surface area contributed by atoms with Gasteiger partial charge in [-0.1, -0.05) is 50.2 Å². The number of hydrogen-bond acceptors (Lipinski definition) is 4. The lowest BCUT2D eigenvalue weighted by atomic mass is 10.0. The largest absolute Gasteiger partial charge is 0.550 e. The third-order valence-corrected chi connectivity index (χ3v) is 5.02. The van der Waals surface area contributed by atoms with Gasteiger partial charge in [0.25, 0.3) is 11.5 Å². The maximum absolute atomic E-state index is 13.1. The first-order valence-electron chi connectivity index (χ1n) is 9.73. The van der Waals surface area contributed by atoms with Crippen molar-refractivity contribution in [1.82, 2.24) is 14.7 Å². The lowest BCUT2D eigenvalue weighted by molar-refractivity contribution is -0.304. The Kier molecular flexibility index (Phi) is 6.20. The molecule has 0 atom stereocenters. The van der Waals surface area contributed by atoms with Crippen molar-refractivity contribution in [2.75, 3.05) is 0 Å². The maximum Gasteiger partial charge on any atom is 0.275 e. The highest BCUT2D eigenvalue weighted by molar-refractivity contribution is 5.96. The van der Waals surface area contributed by atoms with Crippen molar-refractivity contribution in [1.29, 1.82) is 0 Å². The summed E-state index contributed by atoms with van der Waals surface area (Å²) in [6.45, 7) is 4.01. The fraction of sp³-hybridized carbons (Fsp3) is 0.261. The molecule has 1 amide bonds. The monoisotopic (exact) mass is 406 g/mol. The van der Waals surface area contributed by atoms with Crippen molar-refractivity contribution in [2.45, 2.75) is 32.7 Å². The average Bonchev–Trinajstić information content (AvgIpc) is 2.96. The van der Waals surface area contributed by atoms with E-state index in [0.29, 0.717) is 16.8 Å². The summed E-state index contributed by atoms with van der Waals surface area (Å²) in [6.07, 6.45) is -0.344. The molecule has 0 radical (unpaired) electrons. The molecule has 156 valence electrons. The number of benzene rings is 2. The van der Waals surface area contributed by atoms with Gasteiger partial charge in [0, 0.05) is 30.6 Å². The summed E-state index contributed by atoms with van der Waals surface area (Å²) < 4.78 is 3.33. The molecule has 1 heterocycles. The fourth-order valence-electron chi connectivity index (χ4n) is 3.63. The summed E-state index contributed by atoms with van der Waals surface area (Å²) in [6, 6.07) is 15.8. The average molecular weight is 406 g/mol. The standard InChI is InChI=1S/C23H25N3O4/c1-15(2)21-19(25(3)26(23(21)30)17-10-5-4-6-11-17)14-24-22(29)18-12-8-7-9-16(18)13-20(27)28/h4-12,15H,13-14H2,1-3H3,(H,24,29)(H,27,28)/p-1. The molecular formula is C23H24N3O4-. The van der Waals surface area contributed by atoms with Gasteiger partial charge in [0.05, 0.1) is 17.9 Å². The Morgan fingerprint density at radius 1 is 1.03 bits per heavy atom. The van der Waals surface area contributed by atoms with Crippen molar-refractivity contribution in [2.24, 2.45) is 7.05 Å². The minimum Gasteiger partial charge on any atom is -0.550 e. The molecule has 0 aliphatic rings.